The minimum absolute atomic E-state index is 0.158. The van der Waals surface area contributed by atoms with Gasteiger partial charge in [0.05, 0.1) is 7.11 Å². The normalized spacial score (nSPS) is 23.6. The van der Waals surface area contributed by atoms with Crippen molar-refractivity contribution in [3.63, 3.8) is 0 Å². The maximum atomic E-state index is 11.1. The Kier molecular flexibility index (Phi) is 2.69. The lowest BCUT2D eigenvalue weighted by molar-refractivity contribution is -0.117. The van der Waals surface area contributed by atoms with Crippen LogP contribution >= 0.6 is 0 Å². The number of ketones is 1. The van der Waals surface area contributed by atoms with Crippen molar-refractivity contribution in [3.05, 3.63) is 11.8 Å². The molecule has 0 spiro atoms. The van der Waals surface area contributed by atoms with E-state index < -0.39 is 0 Å². The maximum Gasteiger partial charge on any atom is 0.197 e. The Labute approximate surface area is 67.2 Å². The van der Waals surface area contributed by atoms with Gasteiger partial charge in [-0.15, -0.1) is 0 Å². The SMILES string of the molecule is CCCC1C=C(OC)C(=O)C1. The number of Topliss-reactive ketones (excluding diaryl/α,β-unsaturated/α-hetero) is 1. The molecule has 1 aliphatic rings. The molecule has 0 radical (unpaired) electrons. The summed E-state index contributed by atoms with van der Waals surface area (Å²) in [4.78, 5) is 11.1. The van der Waals surface area contributed by atoms with Gasteiger partial charge in [0.15, 0.2) is 11.5 Å². The number of ether oxygens (including phenoxy) is 1. The molecule has 0 aromatic rings. The van der Waals surface area contributed by atoms with Crippen LogP contribution in [0.3, 0.4) is 0 Å². The summed E-state index contributed by atoms with van der Waals surface area (Å²) in [6.45, 7) is 2.13. The molecule has 0 saturated heterocycles. The first-order chi connectivity index (χ1) is 5.27. The van der Waals surface area contributed by atoms with E-state index in [0.717, 1.165) is 12.8 Å². The average Bonchev–Trinajstić information content (AvgIpc) is 2.32. The van der Waals surface area contributed by atoms with Gasteiger partial charge in [0.2, 0.25) is 0 Å². The van der Waals surface area contributed by atoms with Crippen LogP contribution in [0.15, 0.2) is 11.8 Å². The molecule has 2 nitrogen and oxygen atoms in total. The van der Waals surface area contributed by atoms with E-state index in [1.54, 1.807) is 7.11 Å². The molecule has 0 bridgehead atoms. The molecule has 0 aromatic carbocycles. The molecule has 0 fully saturated rings. The second-order valence-electron chi connectivity index (χ2n) is 2.91. The Morgan fingerprint density at radius 2 is 2.45 bits per heavy atom. The Hall–Kier alpha value is -0.790. The topological polar surface area (TPSA) is 26.3 Å². The average molecular weight is 154 g/mol. The van der Waals surface area contributed by atoms with Gasteiger partial charge < -0.3 is 4.74 Å². The van der Waals surface area contributed by atoms with Crippen molar-refractivity contribution in [1.29, 1.82) is 0 Å². The summed E-state index contributed by atoms with van der Waals surface area (Å²) < 4.78 is 4.91. The van der Waals surface area contributed by atoms with Gasteiger partial charge in [-0.3, -0.25) is 4.79 Å². The predicted molar refractivity (Wildman–Crippen MR) is 43.1 cm³/mol. The van der Waals surface area contributed by atoms with Crippen LogP contribution in [0.5, 0.6) is 0 Å². The number of allylic oxidation sites excluding steroid dienone is 2. The Bertz CT molecular complexity index is 182. The van der Waals surface area contributed by atoms with Crippen LogP contribution in [0.25, 0.3) is 0 Å². The lowest BCUT2D eigenvalue weighted by Crippen LogP contribution is -1.99. The second kappa shape index (κ2) is 3.56. The molecule has 0 aromatic heterocycles. The highest BCUT2D eigenvalue weighted by Gasteiger charge is 2.23. The number of carbonyl (C=O) groups is 1. The van der Waals surface area contributed by atoms with E-state index in [2.05, 4.69) is 6.92 Å². The second-order valence-corrected chi connectivity index (χ2v) is 2.91. The van der Waals surface area contributed by atoms with E-state index in [1.807, 2.05) is 6.08 Å². The van der Waals surface area contributed by atoms with Gasteiger partial charge in [-0.1, -0.05) is 13.3 Å². The minimum Gasteiger partial charge on any atom is -0.493 e. The van der Waals surface area contributed by atoms with E-state index in [0.29, 0.717) is 18.1 Å². The third-order valence-electron chi connectivity index (χ3n) is 1.99. The fraction of sp³-hybridized carbons (Fsp3) is 0.667. The summed E-state index contributed by atoms with van der Waals surface area (Å²) in [6.07, 6.45) is 4.83. The first-order valence-electron chi connectivity index (χ1n) is 4.07. The summed E-state index contributed by atoms with van der Waals surface area (Å²) in [6, 6.07) is 0. The van der Waals surface area contributed by atoms with Crippen LogP contribution in [0, 0.1) is 5.92 Å². The number of methoxy groups -OCH3 is 1. The summed E-state index contributed by atoms with van der Waals surface area (Å²) in [5, 5.41) is 0. The molecular weight excluding hydrogens is 140 g/mol. The van der Waals surface area contributed by atoms with Gasteiger partial charge in [0, 0.05) is 6.42 Å². The number of rotatable bonds is 3. The van der Waals surface area contributed by atoms with Crippen LogP contribution in [0.4, 0.5) is 0 Å². The summed E-state index contributed by atoms with van der Waals surface area (Å²) >= 11 is 0. The molecule has 2 heteroatoms. The van der Waals surface area contributed by atoms with Gasteiger partial charge >= 0.3 is 0 Å². The zero-order valence-corrected chi connectivity index (χ0v) is 7.09. The zero-order chi connectivity index (χ0) is 8.27. The van der Waals surface area contributed by atoms with E-state index in [1.165, 1.54) is 0 Å². The van der Waals surface area contributed by atoms with E-state index in [-0.39, 0.29) is 5.78 Å². The molecule has 62 valence electrons. The van der Waals surface area contributed by atoms with Gasteiger partial charge in [0.1, 0.15) is 0 Å². The van der Waals surface area contributed by atoms with Crippen molar-refractivity contribution in [2.75, 3.05) is 7.11 Å². The molecular formula is C9H14O2. The molecule has 0 saturated carbocycles. The Morgan fingerprint density at radius 3 is 2.91 bits per heavy atom. The number of carbonyl (C=O) groups excluding carboxylic acids is 1. The zero-order valence-electron chi connectivity index (χ0n) is 7.09. The minimum atomic E-state index is 0.158. The van der Waals surface area contributed by atoms with Crippen LogP contribution < -0.4 is 0 Å². The molecule has 1 rings (SSSR count). The summed E-state index contributed by atoms with van der Waals surface area (Å²) in [7, 11) is 1.55. The van der Waals surface area contributed by atoms with Gasteiger partial charge in [-0.2, -0.15) is 0 Å². The van der Waals surface area contributed by atoms with Crippen LogP contribution in [0.2, 0.25) is 0 Å². The van der Waals surface area contributed by atoms with Gasteiger partial charge in [-0.05, 0) is 18.4 Å². The van der Waals surface area contributed by atoms with Crippen molar-refractivity contribution in [1.82, 2.24) is 0 Å². The van der Waals surface area contributed by atoms with Crippen molar-refractivity contribution >= 4 is 5.78 Å². The molecule has 0 aliphatic heterocycles. The predicted octanol–water partition coefficient (Wildman–Crippen LogP) is 1.91. The third-order valence-corrected chi connectivity index (χ3v) is 1.99. The molecule has 0 amide bonds. The Balaban J connectivity index is 2.52. The largest absolute Gasteiger partial charge is 0.493 e. The highest BCUT2D eigenvalue weighted by molar-refractivity contribution is 5.96. The molecule has 0 N–H and O–H groups in total. The first-order valence-corrected chi connectivity index (χ1v) is 4.07. The van der Waals surface area contributed by atoms with Gasteiger partial charge in [0.25, 0.3) is 0 Å². The summed E-state index contributed by atoms with van der Waals surface area (Å²) in [5.41, 5.74) is 0. The van der Waals surface area contributed by atoms with Crippen molar-refractivity contribution in [2.45, 2.75) is 26.2 Å². The third kappa shape index (κ3) is 1.82. The standard InChI is InChI=1S/C9H14O2/c1-3-4-7-5-8(10)9(6-7)11-2/h6-7H,3-5H2,1-2H3. The van der Waals surface area contributed by atoms with Crippen molar-refractivity contribution in [3.8, 4) is 0 Å². The molecule has 11 heavy (non-hydrogen) atoms. The lowest BCUT2D eigenvalue weighted by Gasteiger charge is -1.99. The number of hydrogen-bond acceptors (Lipinski definition) is 2. The quantitative estimate of drug-likeness (QED) is 0.620. The maximum absolute atomic E-state index is 11.1. The van der Waals surface area contributed by atoms with Crippen LogP contribution in [0.1, 0.15) is 26.2 Å². The smallest absolute Gasteiger partial charge is 0.197 e. The molecule has 1 aliphatic carbocycles. The highest BCUT2D eigenvalue weighted by Crippen LogP contribution is 2.24. The van der Waals surface area contributed by atoms with Crippen LogP contribution in [-0.4, -0.2) is 12.9 Å². The van der Waals surface area contributed by atoms with E-state index in [4.69, 9.17) is 4.74 Å². The summed E-state index contributed by atoms with van der Waals surface area (Å²) in [5.74, 6) is 1.15. The molecule has 1 atom stereocenters. The van der Waals surface area contributed by atoms with Crippen LogP contribution in [-0.2, 0) is 9.53 Å². The van der Waals surface area contributed by atoms with Crippen molar-refractivity contribution in [2.24, 2.45) is 5.92 Å². The van der Waals surface area contributed by atoms with E-state index >= 15 is 0 Å². The van der Waals surface area contributed by atoms with Crippen molar-refractivity contribution < 1.29 is 9.53 Å². The lowest BCUT2D eigenvalue weighted by atomic mass is 10.0. The first kappa shape index (κ1) is 8.31. The molecule has 1 unspecified atom stereocenters. The fourth-order valence-electron chi connectivity index (χ4n) is 1.44. The number of hydrogen-bond donors (Lipinski definition) is 0. The highest BCUT2D eigenvalue weighted by atomic mass is 16.5. The molecule has 0 heterocycles. The Morgan fingerprint density at radius 1 is 1.73 bits per heavy atom. The monoisotopic (exact) mass is 154 g/mol. The van der Waals surface area contributed by atoms with E-state index in [9.17, 15) is 4.79 Å². The fourth-order valence-corrected chi connectivity index (χ4v) is 1.44. The van der Waals surface area contributed by atoms with Gasteiger partial charge in [-0.25, -0.2) is 0 Å².